The minimum atomic E-state index is -3.78. The second-order valence-electron chi connectivity index (χ2n) is 7.04. The summed E-state index contributed by atoms with van der Waals surface area (Å²) in [5, 5.41) is 8.04. The van der Waals surface area contributed by atoms with E-state index in [1.807, 2.05) is 12.1 Å². The van der Waals surface area contributed by atoms with Gasteiger partial charge in [0.15, 0.2) is 0 Å². The number of rotatable bonds is 6. The zero-order valence-corrected chi connectivity index (χ0v) is 17.0. The first-order chi connectivity index (χ1) is 12.6. The van der Waals surface area contributed by atoms with Crippen LogP contribution < -0.4 is 10.5 Å². The first kappa shape index (κ1) is 20.9. The highest BCUT2D eigenvalue weighted by Gasteiger charge is 2.16. The fourth-order valence-corrected chi connectivity index (χ4v) is 3.26. The topological polar surface area (TPSA) is 92.5 Å². The number of nitrogens with two attached hydrogens (primary N) is 1. The van der Waals surface area contributed by atoms with Crippen LogP contribution in [0.25, 0.3) is 0 Å². The Hall–Kier alpha value is -2.38. The van der Waals surface area contributed by atoms with Gasteiger partial charge >= 0.3 is 6.03 Å². The van der Waals surface area contributed by atoms with E-state index in [2.05, 4.69) is 31.3 Å². The summed E-state index contributed by atoms with van der Waals surface area (Å²) in [7, 11) is -2.06. The molecular weight excluding hydrogens is 362 g/mol. The smallest absolute Gasteiger partial charge is 0.317 e. The Morgan fingerprint density at radius 3 is 2.26 bits per heavy atom. The van der Waals surface area contributed by atoms with Gasteiger partial charge in [0.25, 0.3) is 0 Å². The number of carbonyl (C=O) groups is 1. The quantitative estimate of drug-likeness (QED) is 0.793. The lowest BCUT2D eigenvalue weighted by Crippen LogP contribution is -2.38. The summed E-state index contributed by atoms with van der Waals surface area (Å²) in [5.74, 6) is 0.467. The van der Waals surface area contributed by atoms with E-state index in [1.54, 1.807) is 31.0 Å². The van der Waals surface area contributed by atoms with Gasteiger partial charge in [0.05, 0.1) is 10.9 Å². The Kier molecular flexibility index (Phi) is 6.62. The predicted octanol–water partition coefficient (Wildman–Crippen LogP) is 3.36. The number of nitrogens with one attached hydrogen (secondary N) is 1. The van der Waals surface area contributed by atoms with E-state index in [1.165, 1.54) is 17.7 Å². The molecule has 0 bridgehead atoms. The highest BCUT2D eigenvalue weighted by atomic mass is 32.2. The van der Waals surface area contributed by atoms with E-state index < -0.39 is 10.0 Å². The molecule has 2 rings (SSSR count). The van der Waals surface area contributed by atoms with Crippen molar-refractivity contribution in [3.63, 3.8) is 0 Å². The highest BCUT2D eigenvalue weighted by molar-refractivity contribution is 7.89. The molecule has 0 saturated carbocycles. The SMILES string of the molecule is CC(C)c1ccc(CN(C)C(=O)NC(C)c2cccc(S(N)(=O)=O)c2)cc1. The molecule has 146 valence electrons. The highest BCUT2D eigenvalue weighted by Crippen LogP contribution is 2.18. The number of primary sulfonamides is 1. The lowest BCUT2D eigenvalue weighted by atomic mass is 10.0. The van der Waals surface area contributed by atoms with Crippen LogP contribution in [0.3, 0.4) is 0 Å². The molecule has 0 saturated heterocycles. The molecule has 7 heteroatoms. The maximum absolute atomic E-state index is 12.5. The first-order valence-electron chi connectivity index (χ1n) is 8.81. The van der Waals surface area contributed by atoms with Gasteiger partial charge in [-0.05, 0) is 41.7 Å². The van der Waals surface area contributed by atoms with E-state index in [0.29, 0.717) is 18.0 Å². The number of nitrogens with zero attached hydrogens (tertiary/aromatic N) is 1. The molecule has 2 aromatic rings. The average molecular weight is 390 g/mol. The minimum Gasteiger partial charge on any atom is -0.331 e. The zero-order valence-electron chi connectivity index (χ0n) is 16.1. The van der Waals surface area contributed by atoms with Crippen LogP contribution in [0, 0.1) is 0 Å². The number of hydrogen-bond donors (Lipinski definition) is 2. The van der Waals surface area contributed by atoms with Crippen molar-refractivity contribution in [2.45, 2.75) is 44.2 Å². The average Bonchev–Trinajstić information content (AvgIpc) is 2.61. The van der Waals surface area contributed by atoms with Crippen LogP contribution in [0.2, 0.25) is 0 Å². The molecule has 1 atom stereocenters. The molecule has 0 radical (unpaired) electrons. The lowest BCUT2D eigenvalue weighted by Gasteiger charge is -2.22. The maximum Gasteiger partial charge on any atom is 0.317 e. The molecular formula is C20H27N3O3S. The predicted molar refractivity (Wildman–Crippen MR) is 107 cm³/mol. The number of hydrogen-bond acceptors (Lipinski definition) is 3. The number of carbonyl (C=O) groups excluding carboxylic acids is 1. The third-order valence-electron chi connectivity index (χ3n) is 4.44. The summed E-state index contributed by atoms with van der Waals surface area (Å²) in [6.45, 7) is 6.56. The third-order valence-corrected chi connectivity index (χ3v) is 5.35. The second-order valence-corrected chi connectivity index (χ2v) is 8.60. The van der Waals surface area contributed by atoms with Crippen LogP contribution in [-0.2, 0) is 16.6 Å². The van der Waals surface area contributed by atoms with Crippen molar-refractivity contribution >= 4 is 16.1 Å². The zero-order chi connectivity index (χ0) is 20.2. The standard InChI is InChI=1S/C20H27N3O3S/c1-14(2)17-10-8-16(9-11-17)13-23(4)20(24)22-15(3)18-6-5-7-19(12-18)27(21,25)26/h5-12,14-15H,13H2,1-4H3,(H,22,24)(H2,21,25,26). The lowest BCUT2D eigenvalue weighted by molar-refractivity contribution is 0.203. The van der Waals surface area contributed by atoms with Crippen molar-refractivity contribution < 1.29 is 13.2 Å². The molecule has 6 nitrogen and oxygen atoms in total. The van der Waals surface area contributed by atoms with Gasteiger partial charge in [-0.25, -0.2) is 18.4 Å². The minimum absolute atomic E-state index is 0.0275. The molecule has 0 aliphatic heterocycles. The van der Waals surface area contributed by atoms with E-state index in [0.717, 1.165) is 5.56 Å². The maximum atomic E-state index is 12.5. The fourth-order valence-electron chi connectivity index (χ4n) is 2.69. The van der Waals surface area contributed by atoms with E-state index in [-0.39, 0.29) is 17.0 Å². The summed E-state index contributed by atoms with van der Waals surface area (Å²) in [6, 6.07) is 13.9. The van der Waals surface area contributed by atoms with Crippen molar-refractivity contribution in [1.82, 2.24) is 10.2 Å². The van der Waals surface area contributed by atoms with E-state index in [4.69, 9.17) is 5.14 Å². The molecule has 0 spiro atoms. The molecule has 1 unspecified atom stereocenters. The molecule has 0 fully saturated rings. The van der Waals surface area contributed by atoms with E-state index >= 15 is 0 Å². The van der Waals surface area contributed by atoms with Crippen LogP contribution in [0.4, 0.5) is 4.79 Å². The van der Waals surface area contributed by atoms with Crippen LogP contribution in [0.5, 0.6) is 0 Å². The van der Waals surface area contributed by atoms with Gasteiger partial charge in [0, 0.05) is 13.6 Å². The van der Waals surface area contributed by atoms with Crippen molar-refractivity contribution in [2.24, 2.45) is 5.14 Å². The summed E-state index contributed by atoms with van der Waals surface area (Å²) < 4.78 is 23.0. The van der Waals surface area contributed by atoms with Crippen molar-refractivity contribution in [3.05, 3.63) is 65.2 Å². The molecule has 0 aromatic heterocycles. The number of sulfonamides is 1. The fraction of sp³-hybridized carbons (Fsp3) is 0.350. The van der Waals surface area contributed by atoms with Crippen LogP contribution >= 0.6 is 0 Å². The number of benzene rings is 2. The van der Waals surface area contributed by atoms with Gasteiger partial charge in [0.1, 0.15) is 0 Å². The Morgan fingerprint density at radius 2 is 1.70 bits per heavy atom. The second kappa shape index (κ2) is 8.54. The molecule has 0 aliphatic carbocycles. The molecule has 0 aliphatic rings. The molecule has 2 amide bonds. The van der Waals surface area contributed by atoms with Gasteiger partial charge in [-0.15, -0.1) is 0 Å². The van der Waals surface area contributed by atoms with Gasteiger partial charge in [0.2, 0.25) is 10.0 Å². The molecule has 3 N–H and O–H groups in total. The van der Waals surface area contributed by atoms with Crippen molar-refractivity contribution in [3.8, 4) is 0 Å². The molecule has 0 heterocycles. The van der Waals surface area contributed by atoms with Gasteiger partial charge in [-0.3, -0.25) is 0 Å². The Morgan fingerprint density at radius 1 is 1.07 bits per heavy atom. The normalized spacial score (nSPS) is 12.7. The summed E-state index contributed by atoms with van der Waals surface area (Å²) in [4.78, 5) is 14.1. The molecule has 27 heavy (non-hydrogen) atoms. The van der Waals surface area contributed by atoms with Crippen LogP contribution in [0.15, 0.2) is 53.4 Å². The Balaban J connectivity index is 2.01. The Labute approximate surface area is 161 Å². The van der Waals surface area contributed by atoms with Crippen LogP contribution in [0.1, 0.15) is 49.4 Å². The van der Waals surface area contributed by atoms with Crippen molar-refractivity contribution in [2.75, 3.05) is 7.05 Å². The largest absolute Gasteiger partial charge is 0.331 e. The molecule has 2 aromatic carbocycles. The number of urea groups is 1. The summed E-state index contributed by atoms with van der Waals surface area (Å²) >= 11 is 0. The van der Waals surface area contributed by atoms with Crippen LogP contribution in [-0.4, -0.2) is 26.4 Å². The first-order valence-corrected chi connectivity index (χ1v) is 10.4. The van der Waals surface area contributed by atoms with E-state index in [9.17, 15) is 13.2 Å². The van der Waals surface area contributed by atoms with Gasteiger partial charge in [-0.2, -0.15) is 0 Å². The number of amides is 2. The summed E-state index contributed by atoms with van der Waals surface area (Å²) in [6.07, 6.45) is 0. The van der Waals surface area contributed by atoms with Gasteiger partial charge in [-0.1, -0.05) is 50.2 Å². The van der Waals surface area contributed by atoms with Crippen molar-refractivity contribution in [1.29, 1.82) is 0 Å². The van der Waals surface area contributed by atoms with Gasteiger partial charge < -0.3 is 10.2 Å². The third kappa shape index (κ3) is 5.80. The Bertz CT molecular complexity index is 893. The summed E-state index contributed by atoms with van der Waals surface area (Å²) in [5.41, 5.74) is 2.97. The monoisotopic (exact) mass is 389 g/mol.